The Hall–Kier alpha value is -2.62. The highest BCUT2D eigenvalue weighted by Gasteiger charge is 2.60. The van der Waals surface area contributed by atoms with Crippen LogP contribution < -0.4 is 0 Å². The molecular formula is C34H42O4. The predicted octanol–water partition coefficient (Wildman–Crippen LogP) is 7.95. The Morgan fingerprint density at radius 3 is 2.53 bits per heavy atom. The highest BCUT2D eigenvalue weighted by molar-refractivity contribution is 5.83. The summed E-state index contributed by atoms with van der Waals surface area (Å²) in [5.74, 6) is 1.66. The number of rotatable bonds is 4. The van der Waals surface area contributed by atoms with Gasteiger partial charge in [0, 0.05) is 13.3 Å². The molecule has 6 rings (SSSR count). The monoisotopic (exact) mass is 514 g/mol. The van der Waals surface area contributed by atoms with E-state index >= 15 is 0 Å². The van der Waals surface area contributed by atoms with Crippen LogP contribution in [0.1, 0.15) is 90.7 Å². The van der Waals surface area contributed by atoms with Gasteiger partial charge in [0.25, 0.3) is 0 Å². The lowest BCUT2D eigenvalue weighted by atomic mass is 9.47. The average Bonchev–Trinajstić information content (AvgIpc) is 3.25. The zero-order chi connectivity index (χ0) is 26.7. The summed E-state index contributed by atoms with van der Waals surface area (Å²) in [6.07, 6.45) is 10.6. The van der Waals surface area contributed by atoms with E-state index in [-0.39, 0.29) is 40.9 Å². The number of fused-ring (bicyclic) bond motifs is 6. The van der Waals surface area contributed by atoms with Gasteiger partial charge in [-0.05, 0) is 103 Å². The van der Waals surface area contributed by atoms with E-state index in [0.29, 0.717) is 17.8 Å². The lowest BCUT2D eigenvalue weighted by Crippen LogP contribution is -2.51. The van der Waals surface area contributed by atoms with Gasteiger partial charge in [-0.3, -0.25) is 9.59 Å². The Bertz CT molecular complexity index is 1280. The zero-order valence-corrected chi connectivity index (χ0v) is 23.4. The second kappa shape index (κ2) is 9.54. The molecule has 3 fully saturated rings. The van der Waals surface area contributed by atoms with Gasteiger partial charge in [0.1, 0.15) is 12.2 Å². The molecule has 8 atom stereocenters. The van der Waals surface area contributed by atoms with Crippen LogP contribution >= 0.6 is 0 Å². The number of ether oxygens (including phenoxy) is 2. The number of carbonyl (C=O) groups excluding carboxylic acids is 2. The second-order valence-electron chi connectivity index (χ2n) is 13.1. The summed E-state index contributed by atoms with van der Waals surface area (Å²) >= 11 is 0. The van der Waals surface area contributed by atoms with Crippen molar-refractivity contribution in [3.63, 3.8) is 0 Å². The van der Waals surface area contributed by atoms with Crippen molar-refractivity contribution in [2.24, 2.45) is 34.5 Å². The van der Waals surface area contributed by atoms with Gasteiger partial charge >= 0.3 is 11.9 Å². The van der Waals surface area contributed by atoms with Crippen molar-refractivity contribution in [3.05, 3.63) is 59.7 Å². The normalized spacial score (nSPS) is 36.8. The SMILES string of the molecule is CC(=O)O[C@H]1CC[C@@]2(C)C(=CC[C@H]3[C@@H]4CC[C@H](C(=O)O[C@H](C)c5ccc6ccccc6c5)[C@@]4(C)CC[C@@H]32)C1. The molecule has 4 nitrogen and oxygen atoms in total. The van der Waals surface area contributed by atoms with Gasteiger partial charge in [0.15, 0.2) is 0 Å². The van der Waals surface area contributed by atoms with Crippen molar-refractivity contribution in [2.45, 2.75) is 91.3 Å². The standard InChI is InChI=1S/C34H42O4/c1-21(24-10-9-23-7-5-6-8-25(23)19-24)37-32(36)31-14-13-29-28-12-11-26-20-27(38-22(2)35)15-17-33(26,3)30(28)16-18-34(29,31)4/h5-11,19,21,27-31H,12-18,20H2,1-4H3/t21-,27+,28+,29+,30+,31-,33+,34+/m1/s1. The zero-order valence-electron chi connectivity index (χ0n) is 23.4. The average molecular weight is 515 g/mol. The van der Waals surface area contributed by atoms with E-state index in [4.69, 9.17) is 9.47 Å². The third-order valence-corrected chi connectivity index (χ3v) is 11.2. The molecule has 0 aliphatic heterocycles. The molecule has 0 unspecified atom stereocenters. The summed E-state index contributed by atoms with van der Waals surface area (Å²) in [4.78, 5) is 25.2. The Labute approximate surface area is 227 Å². The maximum absolute atomic E-state index is 13.7. The van der Waals surface area contributed by atoms with Crippen LogP contribution in [0.25, 0.3) is 10.8 Å². The number of carbonyl (C=O) groups is 2. The smallest absolute Gasteiger partial charge is 0.310 e. The number of benzene rings is 2. The summed E-state index contributed by atoms with van der Waals surface area (Å²) in [5, 5.41) is 2.38. The number of allylic oxidation sites excluding steroid dienone is 1. The van der Waals surface area contributed by atoms with E-state index in [1.165, 1.54) is 29.7 Å². The molecule has 4 aliphatic carbocycles. The summed E-state index contributed by atoms with van der Waals surface area (Å²) < 4.78 is 11.8. The van der Waals surface area contributed by atoms with Crippen LogP contribution in [0.3, 0.4) is 0 Å². The largest absolute Gasteiger partial charge is 0.462 e. The van der Waals surface area contributed by atoms with E-state index in [0.717, 1.165) is 50.5 Å². The van der Waals surface area contributed by atoms with Gasteiger partial charge in [0.05, 0.1) is 5.92 Å². The van der Waals surface area contributed by atoms with Crippen molar-refractivity contribution in [1.29, 1.82) is 0 Å². The minimum absolute atomic E-state index is 0.00532. The van der Waals surface area contributed by atoms with Crippen molar-refractivity contribution in [3.8, 4) is 0 Å². The van der Waals surface area contributed by atoms with E-state index < -0.39 is 0 Å². The molecule has 0 N–H and O–H groups in total. The molecule has 0 aromatic heterocycles. The molecule has 202 valence electrons. The molecule has 0 radical (unpaired) electrons. The van der Waals surface area contributed by atoms with Gasteiger partial charge in [0.2, 0.25) is 0 Å². The van der Waals surface area contributed by atoms with Crippen LogP contribution in [0.2, 0.25) is 0 Å². The van der Waals surface area contributed by atoms with Gasteiger partial charge in [-0.2, -0.15) is 0 Å². The van der Waals surface area contributed by atoms with Crippen molar-refractivity contribution < 1.29 is 19.1 Å². The lowest BCUT2D eigenvalue weighted by Gasteiger charge is -2.57. The molecule has 0 amide bonds. The van der Waals surface area contributed by atoms with Crippen LogP contribution in [0, 0.1) is 34.5 Å². The van der Waals surface area contributed by atoms with Gasteiger partial charge in [-0.25, -0.2) is 0 Å². The molecule has 0 spiro atoms. The molecule has 0 saturated heterocycles. The minimum atomic E-state index is -0.252. The van der Waals surface area contributed by atoms with Gasteiger partial charge in [-0.15, -0.1) is 0 Å². The van der Waals surface area contributed by atoms with Crippen LogP contribution in [0.5, 0.6) is 0 Å². The summed E-state index contributed by atoms with van der Waals surface area (Å²) in [6.45, 7) is 8.38. The summed E-state index contributed by atoms with van der Waals surface area (Å²) in [5.41, 5.74) is 2.78. The summed E-state index contributed by atoms with van der Waals surface area (Å²) in [7, 11) is 0. The van der Waals surface area contributed by atoms with Crippen LogP contribution in [0.4, 0.5) is 0 Å². The number of esters is 2. The fraction of sp³-hybridized carbons (Fsp3) is 0.588. The van der Waals surface area contributed by atoms with Gasteiger partial charge < -0.3 is 9.47 Å². The maximum Gasteiger partial charge on any atom is 0.310 e. The molecule has 0 bridgehead atoms. The Kier molecular flexibility index (Phi) is 6.44. The van der Waals surface area contributed by atoms with Gasteiger partial charge in [-0.1, -0.05) is 61.9 Å². The summed E-state index contributed by atoms with van der Waals surface area (Å²) in [6, 6.07) is 14.7. The minimum Gasteiger partial charge on any atom is -0.462 e. The fourth-order valence-corrected chi connectivity index (χ4v) is 9.14. The third-order valence-electron chi connectivity index (χ3n) is 11.2. The first-order valence-electron chi connectivity index (χ1n) is 14.7. The van der Waals surface area contributed by atoms with E-state index in [1.54, 1.807) is 0 Å². The molecule has 2 aromatic rings. The fourth-order valence-electron chi connectivity index (χ4n) is 9.14. The molecular weight excluding hydrogens is 472 g/mol. The van der Waals surface area contributed by atoms with Crippen molar-refractivity contribution >= 4 is 22.7 Å². The first-order chi connectivity index (χ1) is 18.2. The maximum atomic E-state index is 13.7. The Morgan fingerprint density at radius 2 is 1.74 bits per heavy atom. The topological polar surface area (TPSA) is 52.6 Å². The van der Waals surface area contributed by atoms with Crippen molar-refractivity contribution in [2.75, 3.05) is 0 Å². The quantitative estimate of drug-likeness (QED) is 0.307. The first-order valence-corrected chi connectivity index (χ1v) is 14.7. The number of hydrogen-bond donors (Lipinski definition) is 0. The van der Waals surface area contributed by atoms with E-state index in [1.807, 2.05) is 13.0 Å². The van der Waals surface area contributed by atoms with E-state index in [9.17, 15) is 9.59 Å². The molecule has 4 heteroatoms. The van der Waals surface area contributed by atoms with E-state index in [2.05, 4.69) is 56.3 Å². The highest BCUT2D eigenvalue weighted by Crippen LogP contribution is 2.66. The van der Waals surface area contributed by atoms with Crippen LogP contribution in [-0.2, 0) is 19.1 Å². The molecule has 38 heavy (non-hydrogen) atoms. The molecule has 3 saturated carbocycles. The molecule has 4 aliphatic rings. The number of hydrogen-bond acceptors (Lipinski definition) is 4. The molecule has 0 heterocycles. The lowest BCUT2D eigenvalue weighted by molar-refractivity contribution is -0.161. The first kappa shape index (κ1) is 25.6. The van der Waals surface area contributed by atoms with Crippen molar-refractivity contribution in [1.82, 2.24) is 0 Å². The predicted molar refractivity (Wildman–Crippen MR) is 149 cm³/mol. The Morgan fingerprint density at radius 1 is 0.947 bits per heavy atom. The highest BCUT2D eigenvalue weighted by atomic mass is 16.5. The third kappa shape index (κ3) is 4.19. The van der Waals surface area contributed by atoms with Crippen LogP contribution in [0.15, 0.2) is 54.1 Å². The second-order valence-corrected chi connectivity index (χ2v) is 13.1. The Balaban J connectivity index is 1.17. The van der Waals surface area contributed by atoms with Crippen LogP contribution in [-0.4, -0.2) is 18.0 Å². The molecule has 2 aromatic carbocycles.